The maximum atomic E-state index is 12.2. The number of aryl methyl sites for hydroxylation is 1. The van der Waals surface area contributed by atoms with Crippen molar-refractivity contribution in [3.05, 3.63) is 28.3 Å². The van der Waals surface area contributed by atoms with Gasteiger partial charge in [-0.15, -0.1) is 0 Å². The van der Waals surface area contributed by atoms with Gasteiger partial charge in [-0.3, -0.25) is 0 Å². The molecule has 0 aliphatic heterocycles. The van der Waals surface area contributed by atoms with E-state index in [4.69, 9.17) is 16.3 Å². The summed E-state index contributed by atoms with van der Waals surface area (Å²) in [6.07, 6.45) is 2.66. The number of esters is 1. The maximum absolute atomic E-state index is 12.2. The Balaban J connectivity index is 2.74. The molecule has 0 aliphatic rings. The molecule has 24 heavy (non-hydrogen) atoms. The molecule has 0 N–H and O–H groups in total. The van der Waals surface area contributed by atoms with Gasteiger partial charge in [-0.05, 0) is 38.0 Å². The van der Waals surface area contributed by atoms with Crippen molar-refractivity contribution in [2.75, 3.05) is 20.2 Å². The Labute approximate surface area is 151 Å². The van der Waals surface area contributed by atoms with E-state index in [0.29, 0.717) is 17.2 Å². The van der Waals surface area contributed by atoms with Crippen LogP contribution in [0.4, 0.5) is 5.69 Å². The van der Waals surface area contributed by atoms with Crippen LogP contribution in [0.15, 0.2) is 17.1 Å². The van der Waals surface area contributed by atoms with Crippen LogP contribution in [0.25, 0.3) is 0 Å². The highest BCUT2D eigenvalue weighted by Crippen LogP contribution is 2.27. The number of hydrogen-bond acceptors (Lipinski definition) is 3. The molecule has 0 bridgehead atoms. The highest BCUT2D eigenvalue weighted by Gasteiger charge is 2.16. The number of benzene rings is 1. The molecule has 0 fully saturated rings. The number of ether oxygens (including phenoxy) is 1. The predicted molar refractivity (Wildman–Crippen MR) is 106 cm³/mol. The van der Waals surface area contributed by atoms with Crippen LogP contribution in [-0.4, -0.2) is 45.5 Å². The lowest BCUT2D eigenvalue weighted by atomic mass is 10.1. The van der Waals surface area contributed by atoms with Crippen molar-refractivity contribution in [3.8, 4) is 0 Å². The molecule has 0 aliphatic carbocycles. The fraction of sp³-hybridized carbons (Fsp3) is 0.556. The third-order valence-electron chi connectivity index (χ3n) is 3.70. The van der Waals surface area contributed by atoms with E-state index in [1.54, 1.807) is 18.5 Å². The largest absolute Gasteiger partial charge is 0.462 e. The second kappa shape index (κ2) is 9.23. The molecular weight excluding hydrogens is 340 g/mol. The topological polar surface area (TPSA) is 41.9 Å². The monoisotopic (exact) mass is 368 g/mol. The summed E-state index contributed by atoms with van der Waals surface area (Å²) in [5.74, 6) is -0.361. The first-order valence-corrected chi connectivity index (χ1v) is 12.4. The molecule has 0 amide bonds. The molecule has 4 nitrogen and oxygen atoms in total. The molecule has 0 saturated carbocycles. The highest BCUT2D eigenvalue weighted by molar-refractivity contribution is 6.76. The zero-order valence-electron chi connectivity index (χ0n) is 15.6. The number of hydrogen-bond donors (Lipinski definition) is 0. The van der Waals surface area contributed by atoms with Crippen LogP contribution in [-0.2, 0) is 4.74 Å². The summed E-state index contributed by atoms with van der Waals surface area (Å²) in [5.41, 5.74) is 2.06. The van der Waals surface area contributed by atoms with Crippen LogP contribution in [0, 0.1) is 6.92 Å². The van der Waals surface area contributed by atoms with Gasteiger partial charge >= 0.3 is 5.97 Å². The van der Waals surface area contributed by atoms with Gasteiger partial charge in [0.05, 0.1) is 29.2 Å². The Hall–Kier alpha value is -1.33. The normalized spacial score (nSPS) is 11.8. The number of nitrogens with zero attached hydrogens (tertiary/aromatic N) is 2. The Bertz CT molecular complexity index is 597. The number of rotatable bonds is 8. The quantitative estimate of drug-likeness (QED) is 0.209. The summed E-state index contributed by atoms with van der Waals surface area (Å²) in [6, 6.07) is 4.61. The Morgan fingerprint density at radius 3 is 2.62 bits per heavy atom. The van der Waals surface area contributed by atoms with Crippen molar-refractivity contribution in [3.63, 3.8) is 0 Å². The van der Waals surface area contributed by atoms with Crippen LogP contribution >= 0.6 is 11.6 Å². The van der Waals surface area contributed by atoms with Crippen molar-refractivity contribution >= 4 is 37.7 Å². The van der Waals surface area contributed by atoms with Gasteiger partial charge in [0.25, 0.3) is 0 Å². The average Bonchev–Trinajstić information content (AvgIpc) is 2.50. The molecule has 0 saturated heterocycles. The van der Waals surface area contributed by atoms with Crippen molar-refractivity contribution in [2.45, 2.75) is 46.0 Å². The summed E-state index contributed by atoms with van der Waals surface area (Å²) in [7, 11) is 0.856. The SMILES string of the molecule is CCN(C)C=Nc1cc(Cl)c(C(=O)OCCC[Si](C)(C)C)cc1C. The Kier molecular flexibility index (Phi) is 7.96. The molecule has 0 aromatic heterocycles. The van der Waals surface area contributed by atoms with Crippen molar-refractivity contribution < 1.29 is 9.53 Å². The minimum Gasteiger partial charge on any atom is -0.462 e. The zero-order valence-corrected chi connectivity index (χ0v) is 17.4. The number of halogens is 1. The molecule has 0 unspecified atom stereocenters. The molecule has 0 spiro atoms. The first-order chi connectivity index (χ1) is 11.1. The van der Waals surface area contributed by atoms with Crippen molar-refractivity contribution in [1.82, 2.24) is 4.90 Å². The first-order valence-electron chi connectivity index (χ1n) is 8.35. The van der Waals surface area contributed by atoms with E-state index in [1.165, 1.54) is 0 Å². The van der Waals surface area contributed by atoms with Crippen LogP contribution < -0.4 is 0 Å². The van der Waals surface area contributed by atoms with Crippen LogP contribution in [0.5, 0.6) is 0 Å². The van der Waals surface area contributed by atoms with Crippen LogP contribution in [0.2, 0.25) is 30.7 Å². The standard InChI is InChI=1S/C18H29ClN2O2Si/c1-7-21(3)13-20-17-12-16(19)15(11-14(17)2)18(22)23-9-8-10-24(4,5)6/h11-13H,7-10H2,1-6H3. The second-order valence-corrected chi connectivity index (χ2v) is 13.3. The third-order valence-corrected chi connectivity index (χ3v) is 5.87. The highest BCUT2D eigenvalue weighted by atomic mass is 35.5. The number of aliphatic imine (C=N–C) groups is 1. The van der Waals surface area contributed by atoms with Crippen molar-refractivity contribution in [1.29, 1.82) is 0 Å². The van der Waals surface area contributed by atoms with Gasteiger partial charge in [-0.2, -0.15) is 0 Å². The van der Waals surface area contributed by atoms with E-state index in [9.17, 15) is 4.79 Å². The van der Waals surface area contributed by atoms with Gasteiger partial charge < -0.3 is 9.64 Å². The smallest absolute Gasteiger partial charge is 0.339 e. The van der Waals surface area contributed by atoms with E-state index in [0.717, 1.165) is 30.3 Å². The maximum Gasteiger partial charge on any atom is 0.339 e. The summed E-state index contributed by atoms with van der Waals surface area (Å²) < 4.78 is 5.37. The fourth-order valence-corrected chi connectivity index (χ4v) is 3.49. The molecule has 0 heterocycles. The molecule has 1 aromatic carbocycles. The third kappa shape index (κ3) is 7.05. The Morgan fingerprint density at radius 1 is 1.38 bits per heavy atom. The minimum atomic E-state index is -1.09. The fourth-order valence-electron chi connectivity index (χ4n) is 2.05. The van der Waals surface area contributed by atoms with Gasteiger partial charge in [0.1, 0.15) is 0 Å². The molecule has 0 atom stereocenters. The van der Waals surface area contributed by atoms with Crippen molar-refractivity contribution in [2.24, 2.45) is 4.99 Å². The summed E-state index contributed by atoms with van der Waals surface area (Å²) >= 11 is 6.25. The first kappa shape index (κ1) is 20.7. The molecule has 6 heteroatoms. The van der Waals surface area contributed by atoms with Gasteiger partial charge in [-0.25, -0.2) is 9.79 Å². The molecule has 134 valence electrons. The minimum absolute atomic E-state index is 0.361. The lowest BCUT2D eigenvalue weighted by Crippen LogP contribution is -2.20. The molecule has 1 aromatic rings. The lowest BCUT2D eigenvalue weighted by Gasteiger charge is -2.15. The Morgan fingerprint density at radius 2 is 2.04 bits per heavy atom. The van der Waals surface area contributed by atoms with E-state index in [2.05, 4.69) is 24.6 Å². The predicted octanol–water partition coefficient (Wildman–Crippen LogP) is 5.15. The van der Waals surface area contributed by atoms with E-state index >= 15 is 0 Å². The zero-order chi connectivity index (χ0) is 18.3. The van der Waals surface area contributed by atoms with E-state index in [-0.39, 0.29) is 5.97 Å². The summed E-state index contributed by atoms with van der Waals surface area (Å²) in [6.45, 7) is 12.2. The molecular formula is C18H29ClN2O2Si. The van der Waals surface area contributed by atoms with E-state index < -0.39 is 8.07 Å². The number of carbonyl (C=O) groups excluding carboxylic acids is 1. The average molecular weight is 369 g/mol. The summed E-state index contributed by atoms with van der Waals surface area (Å²) in [4.78, 5) is 18.6. The second-order valence-electron chi connectivity index (χ2n) is 7.24. The van der Waals surface area contributed by atoms with Gasteiger partial charge in [0.15, 0.2) is 0 Å². The van der Waals surface area contributed by atoms with E-state index in [1.807, 2.05) is 25.8 Å². The van der Waals surface area contributed by atoms with Gasteiger partial charge in [-0.1, -0.05) is 37.3 Å². The van der Waals surface area contributed by atoms with Gasteiger partial charge in [0.2, 0.25) is 0 Å². The van der Waals surface area contributed by atoms with Gasteiger partial charge in [0, 0.05) is 21.7 Å². The lowest BCUT2D eigenvalue weighted by molar-refractivity contribution is 0.0505. The molecule has 1 rings (SSSR count). The number of carbonyl (C=O) groups is 1. The summed E-state index contributed by atoms with van der Waals surface area (Å²) in [5, 5.41) is 0.377. The molecule has 0 radical (unpaired) electrons. The van der Waals surface area contributed by atoms with Crippen LogP contribution in [0.1, 0.15) is 29.3 Å². The van der Waals surface area contributed by atoms with Crippen LogP contribution in [0.3, 0.4) is 0 Å².